The van der Waals surface area contributed by atoms with Crippen LogP contribution in [0.4, 0.5) is 5.82 Å². The molecule has 0 atom stereocenters. The minimum atomic E-state index is -0.597. The molecular formula is C7H13N5O2. The van der Waals surface area contributed by atoms with Crippen LogP contribution in [0, 0.1) is 0 Å². The van der Waals surface area contributed by atoms with Crippen LogP contribution < -0.4 is 21.5 Å². The van der Waals surface area contributed by atoms with Crippen molar-refractivity contribution in [1.82, 2.24) is 20.5 Å². The van der Waals surface area contributed by atoms with E-state index in [1.54, 1.807) is 11.9 Å². The number of nitrogens with zero attached hydrogens (tertiary/aromatic N) is 2. The Morgan fingerprint density at radius 1 is 1.50 bits per heavy atom. The molecule has 0 aliphatic carbocycles. The summed E-state index contributed by atoms with van der Waals surface area (Å²) in [5, 5.41) is 8.77. The molecule has 0 aliphatic heterocycles. The van der Waals surface area contributed by atoms with Gasteiger partial charge in [-0.05, 0) is 7.05 Å². The van der Waals surface area contributed by atoms with Gasteiger partial charge in [-0.3, -0.25) is 9.78 Å². The molecule has 0 aromatic carbocycles. The third-order valence-electron chi connectivity index (χ3n) is 1.75. The Balaban J connectivity index is 2.85. The summed E-state index contributed by atoms with van der Waals surface area (Å²) in [5.41, 5.74) is -1.08. The van der Waals surface area contributed by atoms with Crippen LogP contribution in [0.2, 0.25) is 0 Å². The van der Waals surface area contributed by atoms with Crippen molar-refractivity contribution in [2.45, 2.75) is 0 Å². The maximum atomic E-state index is 11.2. The zero-order chi connectivity index (χ0) is 10.6. The first-order valence-electron chi connectivity index (χ1n) is 4.20. The summed E-state index contributed by atoms with van der Waals surface area (Å²) >= 11 is 0. The predicted octanol–water partition coefficient (Wildman–Crippen LogP) is -1.89. The van der Waals surface area contributed by atoms with Gasteiger partial charge in [0, 0.05) is 20.1 Å². The number of hydrogen-bond donors (Lipinski definition) is 3. The maximum absolute atomic E-state index is 11.2. The fourth-order valence-corrected chi connectivity index (χ4v) is 0.986. The molecule has 78 valence electrons. The first-order valence-corrected chi connectivity index (χ1v) is 4.20. The van der Waals surface area contributed by atoms with Crippen molar-refractivity contribution in [2.75, 3.05) is 32.1 Å². The van der Waals surface area contributed by atoms with Gasteiger partial charge in [-0.2, -0.15) is 0 Å². The monoisotopic (exact) mass is 199 g/mol. The smallest absolute Gasteiger partial charge is 0.342 e. The molecule has 0 aliphatic rings. The number of H-pyrrole nitrogens is 2. The highest BCUT2D eigenvalue weighted by Gasteiger charge is 2.06. The van der Waals surface area contributed by atoms with Crippen molar-refractivity contribution in [3.8, 4) is 0 Å². The number of aromatic amines is 2. The first-order chi connectivity index (χ1) is 6.65. The van der Waals surface area contributed by atoms with Gasteiger partial charge in [0.15, 0.2) is 0 Å². The van der Waals surface area contributed by atoms with Gasteiger partial charge < -0.3 is 10.2 Å². The molecule has 3 N–H and O–H groups in total. The Hall–Kier alpha value is -1.63. The summed E-state index contributed by atoms with van der Waals surface area (Å²) < 4.78 is 0. The predicted molar refractivity (Wildman–Crippen MR) is 52.7 cm³/mol. The van der Waals surface area contributed by atoms with Crippen LogP contribution in [0.15, 0.2) is 9.59 Å². The van der Waals surface area contributed by atoms with E-state index in [9.17, 15) is 9.59 Å². The van der Waals surface area contributed by atoms with Crippen LogP contribution in [-0.4, -0.2) is 42.4 Å². The minimum Gasteiger partial charge on any atom is -0.352 e. The maximum Gasteiger partial charge on any atom is 0.342 e. The van der Waals surface area contributed by atoms with Crippen LogP contribution >= 0.6 is 0 Å². The molecule has 0 amide bonds. The van der Waals surface area contributed by atoms with E-state index in [0.717, 1.165) is 6.54 Å². The van der Waals surface area contributed by atoms with Crippen molar-refractivity contribution in [2.24, 2.45) is 0 Å². The molecule has 1 aromatic rings. The van der Waals surface area contributed by atoms with E-state index in [0.29, 0.717) is 6.54 Å². The van der Waals surface area contributed by atoms with Crippen LogP contribution in [-0.2, 0) is 0 Å². The van der Waals surface area contributed by atoms with E-state index in [-0.39, 0.29) is 5.82 Å². The largest absolute Gasteiger partial charge is 0.352 e. The molecule has 0 bridgehead atoms. The van der Waals surface area contributed by atoms with Crippen molar-refractivity contribution in [3.63, 3.8) is 0 Å². The molecule has 7 heteroatoms. The third kappa shape index (κ3) is 2.43. The summed E-state index contributed by atoms with van der Waals surface area (Å²) in [5.74, 6) is 0.208. The van der Waals surface area contributed by atoms with E-state index in [1.807, 2.05) is 7.05 Å². The number of likely N-dealkylation sites (N-methyl/N-ethyl adjacent to an activating group) is 2. The van der Waals surface area contributed by atoms with Gasteiger partial charge in [-0.15, -0.1) is 5.10 Å². The van der Waals surface area contributed by atoms with Crippen LogP contribution in [0.5, 0.6) is 0 Å². The van der Waals surface area contributed by atoms with Gasteiger partial charge in [0.05, 0.1) is 0 Å². The van der Waals surface area contributed by atoms with Crippen LogP contribution in [0.3, 0.4) is 0 Å². The minimum absolute atomic E-state index is 0.208. The summed E-state index contributed by atoms with van der Waals surface area (Å²) in [6.45, 7) is 1.37. The van der Waals surface area contributed by atoms with Crippen LogP contribution in [0.1, 0.15) is 0 Å². The molecule has 0 saturated heterocycles. The second-order valence-electron chi connectivity index (χ2n) is 2.86. The molecule has 1 aromatic heterocycles. The molecule has 14 heavy (non-hydrogen) atoms. The van der Waals surface area contributed by atoms with Gasteiger partial charge in [-0.25, -0.2) is 9.89 Å². The highest BCUT2D eigenvalue weighted by atomic mass is 16.2. The van der Waals surface area contributed by atoms with Crippen molar-refractivity contribution >= 4 is 5.82 Å². The average Bonchev–Trinajstić information content (AvgIpc) is 2.14. The number of anilines is 1. The second kappa shape index (κ2) is 4.56. The normalized spacial score (nSPS) is 10.1. The van der Waals surface area contributed by atoms with Crippen LogP contribution in [0.25, 0.3) is 0 Å². The molecular weight excluding hydrogens is 186 g/mol. The lowest BCUT2D eigenvalue weighted by atomic mass is 10.5. The van der Waals surface area contributed by atoms with Crippen molar-refractivity contribution in [3.05, 3.63) is 20.8 Å². The van der Waals surface area contributed by atoms with Gasteiger partial charge in [-0.1, -0.05) is 0 Å². The Labute approximate surface area is 80.2 Å². The van der Waals surface area contributed by atoms with Gasteiger partial charge in [0.25, 0.3) is 5.56 Å². The Bertz CT molecular complexity index is 396. The quantitative estimate of drug-likeness (QED) is 0.527. The summed E-state index contributed by atoms with van der Waals surface area (Å²) in [6, 6.07) is 0. The SMILES string of the molecule is CNCCN(C)c1n[nH]c(=O)[nH]c1=O. The van der Waals surface area contributed by atoms with E-state index in [2.05, 4.69) is 20.5 Å². The van der Waals surface area contributed by atoms with Crippen molar-refractivity contribution in [1.29, 1.82) is 0 Å². The lowest BCUT2D eigenvalue weighted by Gasteiger charge is -2.15. The number of rotatable bonds is 4. The fraction of sp³-hybridized carbons (Fsp3) is 0.571. The van der Waals surface area contributed by atoms with Gasteiger partial charge in [0.2, 0.25) is 5.82 Å². The summed E-state index contributed by atoms with van der Waals surface area (Å²) in [4.78, 5) is 25.7. The molecule has 0 saturated carbocycles. The first kappa shape index (κ1) is 10.5. The van der Waals surface area contributed by atoms with Gasteiger partial charge >= 0.3 is 5.69 Å². The lowest BCUT2D eigenvalue weighted by Crippen LogP contribution is -2.35. The zero-order valence-electron chi connectivity index (χ0n) is 8.13. The summed E-state index contributed by atoms with van der Waals surface area (Å²) in [7, 11) is 3.55. The number of hydrogen-bond acceptors (Lipinski definition) is 5. The molecule has 0 spiro atoms. The zero-order valence-corrected chi connectivity index (χ0v) is 8.13. The molecule has 1 rings (SSSR count). The van der Waals surface area contributed by atoms with E-state index in [1.165, 1.54) is 0 Å². The highest BCUT2D eigenvalue weighted by Crippen LogP contribution is 1.94. The topological polar surface area (TPSA) is 93.9 Å². The standard InChI is InChI=1S/C7H13N5O2/c1-8-3-4-12(2)5-6(13)9-7(14)11-10-5/h8H,3-4H2,1-2H3,(H2,9,11,13,14). The lowest BCUT2D eigenvalue weighted by molar-refractivity contribution is 0.743. The highest BCUT2D eigenvalue weighted by molar-refractivity contribution is 5.32. The Morgan fingerprint density at radius 3 is 2.79 bits per heavy atom. The number of nitrogens with one attached hydrogen (secondary N) is 3. The Kier molecular flexibility index (Phi) is 3.41. The molecule has 0 unspecified atom stereocenters. The van der Waals surface area contributed by atoms with E-state index in [4.69, 9.17) is 0 Å². The molecule has 1 heterocycles. The molecule has 7 nitrogen and oxygen atoms in total. The molecule has 0 radical (unpaired) electrons. The second-order valence-corrected chi connectivity index (χ2v) is 2.86. The number of aromatic nitrogens is 3. The molecule has 0 fully saturated rings. The van der Waals surface area contributed by atoms with Crippen molar-refractivity contribution < 1.29 is 0 Å². The Morgan fingerprint density at radius 2 is 2.21 bits per heavy atom. The summed E-state index contributed by atoms with van der Waals surface area (Å²) in [6.07, 6.45) is 0. The fourth-order valence-electron chi connectivity index (χ4n) is 0.986. The van der Waals surface area contributed by atoms with Gasteiger partial charge in [0.1, 0.15) is 0 Å². The van der Waals surface area contributed by atoms with E-state index >= 15 is 0 Å². The third-order valence-corrected chi connectivity index (χ3v) is 1.75. The van der Waals surface area contributed by atoms with E-state index < -0.39 is 11.2 Å². The average molecular weight is 199 g/mol.